The first-order valence-electron chi connectivity index (χ1n) is 12.1. The normalized spacial score (nSPS) is 12.6. The van der Waals surface area contributed by atoms with Crippen molar-refractivity contribution >= 4 is 17.1 Å². The fourth-order valence-corrected chi connectivity index (χ4v) is 10.5. The van der Waals surface area contributed by atoms with E-state index in [0.29, 0.717) is 0 Å². The van der Waals surface area contributed by atoms with Crippen molar-refractivity contribution in [3.8, 4) is 0 Å². The average molecular weight is 435 g/mol. The van der Waals surface area contributed by atoms with Crippen molar-refractivity contribution in [2.45, 2.75) is 117 Å². The van der Waals surface area contributed by atoms with Gasteiger partial charge in [0.1, 0.15) is 0 Å². The van der Waals surface area contributed by atoms with E-state index in [1.54, 1.807) is 0 Å². The standard InChI is InChI=1S/C22H50O4Si2/c1-7-13-17-23-27(11-5,24-18-14-8-2)21-22-28(12-6,25-19-15-9-3)26-20-16-10-4/h7-22H2,1-6H3. The summed E-state index contributed by atoms with van der Waals surface area (Å²) in [6.07, 6.45) is 9.11. The molecule has 0 N–H and O–H groups in total. The number of unbranched alkanes of at least 4 members (excludes halogenated alkanes) is 4. The Kier molecular flexibility index (Phi) is 18.3. The van der Waals surface area contributed by atoms with Gasteiger partial charge in [-0.25, -0.2) is 0 Å². The van der Waals surface area contributed by atoms with Crippen molar-refractivity contribution in [2.75, 3.05) is 26.4 Å². The van der Waals surface area contributed by atoms with E-state index in [4.69, 9.17) is 17.7 Å². The molecule has 0 aliphatic heterocycles. The van der Waals surface area contributed by atoms with Gasteiger partial charge in [0.05, 0.1) is 0 Å². The summed E-state index contributed by atoms with van der Waals surface area (Å²) in [7, 11) is -4.38. The first kappa shape index (κ1) is 28.3. The van der Waals surface area contributed by atoms with Crippen LogP contribution in [0, 0.1) is 0 Å². The maximum atomic E-state index is 6.48. The number of rotatable bonds is 21. The van der Waals surface area contributed by atoms with Crippen LogP contribution in [0.4, 0.5) is 0 Å². The van der Waals surface area contributed by atoms with E-state index in [9.17, 15) is 0 Å². The number of hydrogen-bond acceptors (Lipinski definition) is 4. The molecular formula is C22H50O4Si2. The Hall–Kier alpha value is 0.274. The second kappa shape index (κ2) is 18.1. The summed E-state index contributed by atoms with van der Waals surface area (Å²) in [5.41, 5.74) is 0. The molecule has 0 aliphatic rings. The van der Waals surface area contributed by atoms with E-state index in [0.717, 1.165) is 102 Å². The van der Waals surface area contributed by atoms with Crippen LogP contribution in [-0.4, -0.2) is 43.5 Å². The van der Waals surface area contributed by atoms with Crippen molar-refractivity contribution in [3.05, 3.63) is 0 Å². The molecule has 0 aromatic heterocycles. The molecule has 0 aromatic carbocycles. The molecule has 0 radical (unpaired) electrons. The van der Waals surface area contributed by atoms with Crippen LogP contribution in [0.3, 0.4) is 0 Å². The van der Waals surface area contributed by atoms with E-state index in [1.807, 2.05) is 0 Å². The van der Waals surface area contributed by atoms with Crippen molar-refractivity contribution < 1.29 is 17.7 Å². The van der Waals surface area contributed by atoms with Gasteiger partial charge in [-0.05, 0) is 49.9 Å². The largest absolute Gasteiger partial charge is 0.394 e. The van der Waals surface area contributed by atoms with E-state index in [2.05, 4.69) is 41.5 Å². The van der Waals surface area contributed by atoms with E-state index >= 15 is 0 Å². The van der Waals surface area contributed by atoms with E-state index in [-0.39, 0.29) is 0 Å². The Morgan fingerprint density at radius 2 is 0.679 bits per heavy atom. The fraction of sp³-hybridized carbons (Fsp3) is 1.00. The van der Waals surface area contributed by atoms with Crippen LogP contribution in [0.2, 0.25) is 24.2 Å². The summed E-state index contributed by atoms with van der Waals surface area (Å²) in [5.74, 6) is 0. The third-order valence-corrected chi connectivity index (χ3v) is 13.0. The SMILES string of the molecule is CCCCO[Si](CC)(CC[Si](CC)(OCCCC)OCCCC)OCCCC. The van der Waals surface area contributed by atoms with Crippen molar-refractivity contribution in [2.24, 2.45) is 0 Å². The Morgan fingerprint density at radius 3 is 0.857 bits per heavy atom. The van der Waals surface area contributed by atoms with Gasteiger partial charge in [0.25, 0.3) is 0 Å². The van der Waals surface area contributed by atoms with Gasteiger partial charge in [0, 0.05) is 26.4 Å². The molecular weight excluding hydrogens is 384 g/mol. The average Bonchev–Trinajstić information content (AvgIpc) is 2.71. The van der Waals surface area contributed by atoms with Gasteiger partial charge in [0.2, 0.25) is 0 Å². The van der Waals surface area contributed by atoms with Crippen LogP contribution in [0.5, 0.6) is 0 Å². The third kappa shape index (κ3) is 12.1. The molecule has 0 unspecified atom stereocenters. The molecule has 0 atom stereocenters. The van der Waals surface area contributed by atoms with Crippen molar-refractivity contribution in [1.29, 1.82) is 0 Å². The molecule has 0 aliphatic carbocycles. The maximum absolute atomic E-state index is 6.48. The maximum Gasteiger partial charge on any atom is 0.337 e. The zero-order valence-corrected chi connectivity index (χ0v) is 21.9. The highest BCUT2D eigenvalue weighted by molar-refractivity contribution is 6.73. The molecule has 0 fully saturated rings. The van der Waals surface area contributed by atoms with Gasteiger partial charge in [-0.2, -0.15) is 0 Å². The quantitative estimate of drug-likeness (QED) is 0.142. The topological polar surface area (TPSA) is 36.9 Å². The van der Waals surface area contributed by atoms with Crippen LogP contribution >= 0.6 is 0 Å². The highest BCUT2D eigenvalue weighted by Crippen LogP contribution is 2.30. The molecule has 0 saturated heterocycles. The van der Waals surface area contributed by atoms with Crippen LogP contribution in [-0.2, 0) is 17.7 Å². The van der Waals surface area contributed by atoms with Gasteiger partial charge in [-0.1, -0.05) is 67.2 Å². The zero-order chi connectivity index (χ0) is 21.1. The van der Waals surface area contributed by atoms with Crippen molar-refractivity contribution in [3.63, 3.8) is 0 Å². The molecule has 0 heterocycles. The first-order valence-corrected chi connectivity index (χ1v) is 16.6. The predicted octanol–water partition coefficient (Wildman–Crippen LogP) is 7.18. The second-order valence-corrected chi connectivity index (χ2v) is 15.0. The van der Waals surface area contributed by atoms with Gasteiger partial charge in [-0.15, -0.1) is 0 Å². The molecule has 0 spiro atoms. The third-order valence-electron chi connectivity index (χ3n) is 5.42. The number of hydrogen-bond donors (Lipinski definition) is 0. The van der Waals surface area contributed by atoms with E-state index < -0.39 is 17.1 Å². The molecule has 0 saturated carbocycles. The van der Waals surface area contributed by atoms with Crippen LogP contribution < -0.4 is 0 Å². The minimum atomic E-state index is -2.19. The van der Waals surface area contributed by atoms with Gasteiger partial charge < -0.3 is 17.7 Å². The summed E-state index contributed by atoms with van der Waals surface area (Å²) in [6, 6.07) is 4.04. The molecule has 28 heavy (non-hydrogen) atoms. The lowest BCUT2D eigenvalue weighted by atomic mass is 10.4. The van der Waals surface area contributed by atoms with Gasteiger partial charge in [0.15, 0.2) is 0 Å². The summed E-state index contributed by atoms with van der Waals surface area (Å²) < 4.78 is 25.9. The lowest BCUT2D eigenvalue weighted by Gasteiger charge is -2.35. The zero-order valence-electron chi connectivity index (χ0n) is 19.9. The molecule has 0 bridgehead atoms. The summed E-state index contributed by atoms with van der Waals surface area (Å²) in [6.45, 7) is 16.7. The van der Waals surface area contributed by atoms with Gasteiger partial charge >= 0.3 is 17.1 Å². The summed E-state index contributed by atoms with van der Waals surface area (Å²) in [5, 5.41) is 0. The van der Waals surface area contributed by atoms with Crippen molar-refractivity contribution in [1.82, 2.24) is 0 Å². The monoisotopic (exact) mass is 434 g/mol. The van der Waals surface area contributed by atoms with Crippen LogP contribution in [0.15, 0.2) is 0 Å². The lowest BCUT2D eigenvalue weighted by Crippen LogP contribution is -2.48. The molecule has 4 nitrogen and oxygen atoms in total. The predicted molar refractivity (Wildman–Crippen MR) is 126 cm³/mol. The minimum Gasteiger partial charge on any atom is -0.394 e. The fourth-order valence-electron chi connectivity index (χ4n) is 3.12. The molecule has 0 aromatic rings. The Bertz CT molecular complexity index is 290. The Morgan fingerprint density at radius 1 is 0.429 bits per heavy atom. The highest BCUT2D eigenvalue weighted by Gasteiger charge is 2.43. The Balaban J connectivity index is 5.13. The smallest absolute Gasteiger partial charge is 0.337 e. The van der Waals surface area contributed by atoms with E-state index in [1.165, 1.54) is 0 Å². The molecule has 0 amide bonds. The molecule has 0 rings (SSSR count). The highest BCUT2D eigenvalue weighted by atomic mass is 28.4. The minimum absolute atomic E-state index is 0.830. The summed E-state index contributed by atoms with van der Waals surface area (Å²) in [4.78, 5) is 0. The molecule has 170 valence electrons. The van der Waals surface area contributed by atoms with Crippen LogP contribution in [0.1, 0.15) is 92.9 Å². The molecule has 6 heteroatoms. The van der Waals surface area contributed by atoms with Crippen LogP contribution in [0.25, 0.3) is 0 Å². The second-order valence-electron chi connectivity index (χ2n) is 7.84. The first-order chi connectivity index (χ1) is 13.6. The lowest BCUT2D eigenvalue weighted by molar-refractivity contribution is 0.153. The Labute approximate surface area is 178 Å². The summed E-state index contributed by atoms with van der Waals surface area (Å²) >= 11 is 0. The van der Waals surface area contributed by atoms with Gasteiger partial charge in [-0.3, -0.25) is 0 Å².